The Morgan fingerprint density at radius 2 is 1.91 bits per heavy atom. The summed E-state index contributed by atoms with van der Waals surface area (Å²) in [6.07, 6.45) is 0.405. The molecule has 0 aliphatic heterocycles. The summed E-state index contributed by atoms with van der Waals surface area (Å²) in [6.45, 7) is 0. The van der Waals surface area contributed by atoms with E-state index in [2.05, 4.69) is 16.3 Å². The first-order valence-corrected chi connectivity index (χ1v) is 7.90. The Morgan fingerprint density at radius 1 is 1.09 bits per heavy atom. The lowest BCUT2D eigenvalue weighted by molar-refractivity contribution is 0.420. The molecule has 0 N–H and O–H groups in total. The standard InChI is InChI=1S/C17H12FN3OS/c18-15-3-1-2-14(8-15)9-16-20-21-17(22-16)23-11-13-6-4-12(10-19)5-7-13/h1-8H,9,11H2. The predicted octanol–water partition coefficient (Wildman–Crippen LogP) is 3.96. The molecule has 0 saturated carbocycles. The van der Waals surface area contributed by atoms with E-state index in [1.807, 2.05) is 18.2 Å². The highest BCUT2D eigenvalue weighted by Gasteiger charge is 2.08. The monoisotopic (exact) mass is 325 g/mol. The van der Waals surface area contributed by atoms with Crippen molar-refractivity contribution in [2.24, 2.45) is 0 Å². The van der Waals surface area contributed by atoms with Gasteiger partial charge in [-0.05, 0) is 35.4 Å². The number of thioether (sulfide) groups is 1. The van der Waals surface area contributed by atoms with Crippen molar-refractivity contribution >= 4 is 11.8 Å². The molecule has 23 heavy (non-hydrogen) atoms. The number of benzene rings is 2. The largest absolute Gasteiger partial charge is 0.416 e. The Hall–Kier alpha value is -2.65. The fourth-order valence-electron chi connectivity index (χ4n) is 2.01. The van der Waals surface area contributed by atoms with Gasteiger partial charge in [-0.25, -0.2) is 4.39 Å². The second-order valence-electron chi connectivity index (χ2n) is 4.87. The van der Waals surface area contributed by atoms with Crippen LogP contribution in [0.5, 0.6) is 0 Å². The van der Waals surface area contributed by atoms with Gasteiger partial charge in [0.05, 0.1) is 18.1 Å². The zero-order valence-corrected chi connectivity index (χ0v) is 12.9. The van der Waals surface area contributed by atoms with Crippen LogP contribution in [0.4, 0.5) is 4.39 Å². The fourth-order valence-corrected chi connectivity index (χ4v) is 2.75. The van der Waals surface area contributed by atoms with Gasteiger partial charge in [0, 0.05) is 5.75 Å². The van der Waals surface area contributed by atoms with Crippen LogP contribution in [0.1, 0.15) is 22.6 Å². The molecule has 0 spiro atoms. The van der Waals surface area contributed by atoms with Crippen molar-refractivity contribution in [3.8, 4) is 6.07 Å². The smallest absolute Gasteiger partial charge is 0.276 e. The minimum Gasteiger partial charge on any atom is -0.416 e. The third kappa shape index (κ3) is 4.18. The zero-order valence-electron chi connectivity index (χ0n) is 12.1. The normalized spacial score (nSPS) is 10.4. The molecule has 1 heterocycles. The summed E-state index contributed by atoms with van der Waals surface area (Å²) in [5, 5.41) is 17.2. The van der Waals surface area contributed by atoms with E-state index < -0.39 is 0 Å². The van der Waals surface area contributed by atoms with Crippen molar-refractivity contribution in [1.82, 2.24) is 10.2 Å². The van der Waals surface area contributed by atoms with Crippen LogP contribution in [0.25, 0.3) is 0 Å². The number of halogens is 1. The first-order valence-electron chi connectivity index (χ1n) is 6.91. The molecule has 6 heteroatoms. The Labute approximate surface area is 137 Å². The van der Waals surface area contributed by atoms with Gasteiger partial charge in [-0.3, -0.25) is 0 Å². The van der Waals surface area contributed by atoms with Crippen molar-refractivity contribution in [2.75, 3.05) is 0 Å². The zero-order chi connectivity index (χ0) is 16.1. The molecule has 1 aromatic heterocycles. The van der Waals surface area contributed by atoms with Crippen LogP contribution in [-0.2, 0) is 12.2 Å². The van der Waals surface area contributed by atoms with Crippen molar-refractivity contribution in [1.29, 1.82) is 5.26 Å². The summed E-state index contributed by atoms with van der Waals surface area (Å²) in [5.74, 6) is 0.850. The van der Waals surface area contributed by atoms with E-state index in [0.29, 0.717) is 28.9 Å². The summed E-state index contributed by atoms with van der Waals surface area (Å²) in [4.78, 5) is 0. The Kier molecular flexibility index (Phi) is 4.69. The van der Waals surface area contributed by atoms with Gasteiger partial charge in [-0.1, -0.05) is 36.0 Å². The highest BCUT2D eigenvalue weighted by molar-refractivity contribution is 7.98. The lowest BCUT2D eigenvalue weighted by Gasteiger charge is -1.98. The van der Waals surface area contributed by atoms with E-state index in [9.17, 15) is 4.39 Å². The van der Waals surface area contributed by atoms with Gasteiger partial charge in [0.1, 0.15) is 5.82 Å². The first kappa shape index (κ1) is 15.3. The molecule has 3 rings (SSSR count). The van der Waals surface area contributed by atoms with E-state index in [1.165, 1.54) is 23.9 Å². The molecule has 114 valence electrons. The molecule has 2 aromatic carbocycles. The lowest BCUT2D eigenvalue weighted by atomic mass is 10.1. The minimum absolute atomic E-state index is 0.280. The van der Waals surface area contributed by atoms with Crippen LogP contribution in [0.3, 0.4) is 0 Å². The van der Waals surface area contributed by atoms with Crippen LogP contribution >= 0.6 is 11.8 Å². The SMILES string of the molecule is N#Cc1ccc(CSc2nnc(Cc3cccc(F)c3)o2)cc1. The molecule has 3 aromatic rings. The van der Waals surface area contributed by atoms with E-state index >= 15 is 0 Å². The number of nitriles is 1. The molecule has 0 aliphatic rings. The van der Waals surface area contributed by atoms with E-state index in [0.717, 1.165) is 11.1 Å². The van der Waals surface area contributed by atoms with Gasteiger partial charge in [0.2, 0.25) is 5.89 Å². The maximum Gasteiger partial charge on any atom is 0.276 e. The summed E-state index contributed by atoms with van der Waals surface area (Å²) >= 11 is 1.42. The van der Waals surface area contributed by atoms with Crippen LogP contribution < -0.4 is 0 Å². The topological polar surface area (TPSA) is 62.7 Å². The predicted molar refractivity (Wildman–Crippen MR) is 84.2 cm³/mol. The summed E-state index contributed by atoms with van der Waals surface area (Å²) in [6, 6.07) is 15.8. The van der Waals surface area contributed by atoms with Crippen LogP contribution in [-0.4, -0.2) is 10.2 Å². The van der Waals surface area contributed by atoms with E-state index in [-0.39, 0.29) is 5.82 Å². The van der Waals surface area contributed by atoms with Crippen LogP contribution in [0.2, 0.25) is 0 Å². The van der Waals surface area contributed by atoms with Crippen LogP contribution in [0, 0.1) is 17.1 Å². The molecule has 0 atom stereocenters. The maximum absolute atomic E-state index is 13.1. The number of aromatic nitrogens is 2. The van der Waals surface area contributed by atoms with Gasteiger partial charge in [0.25, 0.3) is 5.22 Å². The summed E-state index contributed by atoms with van der Waals surface area (Å²) in [7, 11) is 0. The van der Waals surface area contributed by atoms with Gasteiger partial charge >= 0.3 is 0 Å². The number of rotatable bonds is 5. The quantitative estimate of drug-likeness (QED) is 0.664. The average molecular weight is 325 g/mol. The molecule has 4 nitrogen and oxygen atoms in total. The molecule has 0 aliphatic carbocycles. The molecule has 0 bridgehead atoms. The highest BCUT2D eigenvalue weighted by Crippen LogP contribution is 2.22. The number of hydrogen-bond donors (Lipinski definition) is 0. The van der Waals surface area contributed by atoms with Gasteiger partial charge < -0.3 is 4.42 Å². The Bertz CT molecular complexity index is 840. The second-order valence-corrected chi connectivity index (χ2v) is 5.79. The van der Waals surface area contributed by atoms with Gasteiger partial charge in [-0.2, -0.15) is 5.26 Å². The first-order chi connectivity index (χ1) is 11.2. The van der Waals surface area contributed by atoms with Crippen LogP contribution in [0.15, 0.2) is 58.2 Å². The van der Waals surface area contributed by atoms with Crippen molar-refractivity contribution in [2.45, 2.75) is 17.4 Å². The van der Waals surface area contributed by atoms with Crippen molar-refractivity contribution < 1.29 is 8.81 Å². The lowest BCUT2D eigenvalue weighted by Crippen LogP contribution is -1.89. The third-order valence-electron chi connectivity index (χ3n) is 3.14. The summed E-state index contributed by atoms with van der Waals surface area (Å²) in [5.41, 5.74) is 2.49. The Morgan fingerprint density at radius 3 is 2.65 bits per heavy atom. The molecule has 0 radical (unpaired) electrons. The second kappa shape index (κ2) is 7.07. The minimum atomic E-state index is -0.280. The molecule has 0 fully saturated rings. The maximum atomic E-state index is 13.1. The van der Waals surface area contributed by atoms with Gasteiger partial charge in [0.15, 0.2) is 0 Å². The fraction of sp³-hybridized carbons (Fsp3) is 0.118. The molecule has 0 amide bonds. The van der Waals surface area contributed by atoms with Gasteiger partial charge in [-0.15, -0.1) is 10.2 Å². The third-order valence-corrected chi connectivity index (χ3v) is 4.03. The van der Waals surface area contributed by atoms with E-state index in [1.54, 1.807) is 18.2 Å². The Balaban J connectivity index is 1.59. The highest BCUT2D eigenvalue weighted by atomic mass is 32.2. The summed E-state index contributed by atoms with van der Waals surface area (Å²) < 4.78 is 18.7. The van der Waals surface area contributed by atoms with E-state index in [4.69, 9.17) is 9.68 Å². The molecule has 0 saturated heterocycles. The number of hydrogen-bond acceptors (Lipinski definition) is 5. The van der Waals surface area contributed by atoms with Crippen molar-refractivity contribution in [3.05, 3.63) is 76.9 Å². The van der Waals surface area contributed by atoms with Crippen molar-refractivity contribution in [3.63, 3.8) is 0 Å². The molecular weight excluding hydrogens is 313 g/mol. The molecular formula is C17H12FN3OS. The number of nitrogens with zero attached hydrogens (tertiary/aromatic N) is 3. The average Bonchev–Trinajstić information content (AvgIpc) is 3.01. The molecule has 0 unspecified atom stereocenters.